The molecule has 1 atom stereocenters. The van der Waals surface area contributed by atoms with E-state index in [4.69, 9.17) is 16.3 Å². The van der Waals surface area contributed by atoms with Crippen molar-refractivity contribution in [2.24, 2.45) is 0 Å². The van der Waals surface area contributed by atoms with E-state index in [-0.39, 0.29) is 33.3 Å². The quantitative estimate of drug-likeness (QED) is 0.581. The van der Waals surface area contributed by atoms with Gasteiger partial charge in [-0.25, -0.2) is 0 Å². The molecule has 0 radical (unpaired) electrons. The molecule has 0 saturated carbocycles. The van der Waals surface area contributed by atoms with E-state index in [1.807, 2.05) is 0 Å². The van der Waals surface area contributed by atoms with E-state index in [9.17, 15) is 23.9 Å². The van der Waals surface area contributed by atoms with E-state index in [0.717, 1.165) is 0 Å². The van der Waals surface area contributed by atoms with Crippen LogP contribution in [0.3, 0.4) is 0 Å². The molecule has 3 rings (SSSR count). The highest BCUT2D eigenvalue weighted by atomic mass is 79.9. The van der Waals surface area contributed by atoms with Gasteiger partial charge in [-0.2, -0.15) is 4.39 Å². The van der Waals surface area contributed by atoms with Crippen LogP contribution in [-0.4, -0.2) is 29.4 Å². The fraction of sp³-hybridized carbons (Fsp3) is 0.167. The molecule has 0 spiro atoms. The first-order valence-electron chi connectivity index (χ1n) is 7.99. The first kappa shape index (κ1) is 20.1. The number of ether oxygens (including phenoxy) is 1. The fourth-order valence-electron chi connectivity index (χ4n) is 2.64. The number of hydrogen-bond donors (Lipinski definition) is 3. The zero-order chi connectivity index (χ0) is 20.4. The second-order valence-electron chi connectivity index (χ2n) is 5.95. The van der Waals surface area contributed by atoms with Crippen LogP contribution in [0.1, 0.15) is 17.9 Å². The number of rotatable bonds is 5. The Balaban J connectivity index is 1.64. The molecule has 146 valence electrons. The van der Waals surface area contributed by atoms with E-state index >= 15 is 0 Å². The molecule has 0 aromatic heterocycles. The van der Waals surface area contributed by atoms with Gasteiger partial charge in [-0.15, -0.1) is 0 Å². The molecule has 1 saturated heterocycles. The predicted octanol–water partition coefficient (Wildman–Crippen LogP) is 3.09. The van der Waals surface area contributed by atoms with Crippen LogP contribution in [0.25, 0.3) is 0 Å². The maximum atomic E-state index is 13.8. The van der Waals surface area contributed by atoms with Crippen LogP contribution < -0.4 is 15.4 Å². The summed E-state index contributed by atoms with van der Waals surface area (Å²) < 4.78 is 19.1. The Morgan fingerprint density at radius 1 is 1.36 bits per heavy atom. The number of imide groups is 1. The number of phenolic OH excluding ortho intramolecular Hbond substituents is 1. The summed E-state index contributed by atoms with van der Waals surface area (Å²) in [4.78, 5) is 35.1. The molecule has 2 aromatic carbocycles. The topological polar surface area (TPSA) is 105 Å². The number of nitrogens with one attached hydrogen (secondary N) is 2. The standard InChI is InChI=1S/C18H13BrClFN2O5/c19-10-2-4-13(16(21)17(10)26)28-7-15(25)22-12-3-1-8(5-11(12)20)9-6-14(24)23-18(9)27/h1-5,9,26H,6-7H2,(H,22,25)(H,23,24,27). The van der Waals surface area contributed by atoms with Crippen molar-refractivity contribution in [2.75, 3.05) is 11.9 Å². The lowest BCUT2D eigenvalue weighted by Crippen LogP contribution is -2.22. The van der Waals surface area contributed by atoms with E-state index < -0.39 is 35.9 Å². The monoisotopic (exact) mass is 470 g/mol. The Kier molecular flexibility index (Phi) is 5.85. The van der Waals surface area contributed by atoms with E-state index in [2.05, 4.69) is 26.6 Å². The second kappa shape index (κ2) is 8.15. The number of amides is 3. The van der Waals surface area contributed by atoms with Crippen LogP contribution >= 0.6 is 27.5 Å². The zero-order valence-electron chi connectivity index (χ0n) is 14.1. The number of phenols is 1. The SMILES string of the molecule is O=C1CC(c2ccc(NC(=O)COc3ccc(Br)c(O)c3F)c(Cl)c2)C(=O)N1. The molecule has 28 heavy (non-hydrogen) atoms. The lowest BCUT2D eigenvalue weighted by atomic mass is 9.97. The number of hydrogen-bond acceptors (Lipinski definition) is 5. The summed E-state index contributed by atoms with van der Waals surface area (Å²) in [7, 11) is 0. The maximum Gasteiger partial charge on any atom is 0.262 e. The van der Waals surface area contributed by atoms with Crippen LogP contribution in [0.2, 0.25) is 5.02 Å². The summed E-state index contributed by atoms with van der Waals surface area (Å²) in [6, 6.07) is 7.22. The smallest absolute Gasteiger partial charge is 0.262 e. The van der Waals surface area contributed by atoms with Crippen LogP contribution in [0.4, 0.5) is 10.1 Å². The van der Waals surface area contributed by atoms with Gasteiger partial charge in [-0.1, -0.05) is 17.7 Å². The minimum atomic E-state index is -0.992. The van der Waals surface area contributed by atoms with Gasteiger partial charge in [0.25, 0.3) is 5.91 Å². The normalized spacial score (nSPS) is 16.0. The molecule has 0 bridgehead atoms. The Hall–Kier alpha value is -2.65. The van der Waals surface area contributed by atoms with Gasteiger partial charge in [0, 0.05) is 6.42 Å². The summed E-state index contributed by atoms with van der Waals surface area (Å²) in [6.07, 6.45) is 0.0420. The first-order chi connectivity index (χ1) is 13.3. The third-order valence-corrected chi connectivity index (χ3v) is 4.98. The molecule has 3 N–H and O–H groups in total. The molecule has 1 aliphatic rings. The summed E-state index contributed by atoms with van der Waals surface area (Å²) >= 11 is 9.11. The van der Waals surface area contributed by atoms with Crippen LogP contribution in [-0.2, 0) is 14.4 Å². The van der Waals surface area contributed by atoms with Gasteiger partial charge in [-0.3, -0.25) is 19.7 Å². The molecule has 2 aromatic rings. The number of carbonyl (C=O) groups is 3. The number of benzene rings is 2. The van der Waals surface area contributed by atoms with Crippen LogP contribution in [0.15, 0.2) is 34.8 Å². The lowest BCUT2D eigenvalue weighted by molar-refractivity contribution is -0.125. The molecule has 0 aliphatic carbocycles. The highest BCUT2D eigenvalue weighted by molar-refractivity contribution is 9.10. The summed E-state index contributed by atoms with van der Waals surface area (Å²) in [5, 5.41) is 14.4. The lowest BCUT2D eigenvalue weighted by Gasteiger charge is -2.12. The predicted molar refractivity (Wildman–Crippen MR) is 102 cm³/mol. The van der Waals surface area contributed by atoms with E-state index in [0.29, 0.717) is 5.56 Å². The molecule has 1 aliphatic heterocycles. The molecular weight excluding hydrogens is 459 g/mol. The van der Waals surface area contributed by atoms with Crippen molar-refractivity contribution >= 4 is 50.9 Å². The second-order valence-corrected chi connectivity index (χ2v) is 7.21. The average molecular weight is 472 g/mol. The van der Waals surface area contributed by atoms with Gasteiger partial charge in [0.15, 0.2) is 18.1 Å². The number of aromatic hydroxyl groups is 1. The molecule has 10 heteroatoms. The van der Waals surface area contributed by atoms with Gasteiger partial charge >= 0.3 is 0 Å². The molecule has 7 nitrogen and oxygen atoms in total. The summed E-state index contributed by atoms with van der Waals surface area (Å²) in [5.74, 6) is -3.87. The highest BCUT2D eigenvalue weighted by Gasteiger charge is 2.32. The summed E-state index contributed by atoms with van der Waals surface area (Å²) in [5.41, 5.74) is 0.817. The highest BCUT2D eigenvalue weighted by Crippen LogP contribution is 2.33. The van der Waals surface area contributed by atoms with Crippen molar-refractivity contribution in [3.8, 4) is 11.5 Å². The van der Waals surface area contributed by atoms with Crippen LogP contribution in [0, 0.1) is 5.82 Å². The van der Waals surface area contributed by atoms with Crippen molar-refractivity contribution in [2.45, 2.75) is 12.3 Å². The van der Waals surface area contributed by atoms with Crippen molar-refractivity contribution in [1.82, 2.24) is 5.32 Å². The Morgan fingerprint density at radius 3 is 2.75 bits per heavy atom. The van der Waals surface area contributed by atoms with E-state index in [1.165, 1.54) is 24.3 Å². The third-order valence-electron chi connectivity index (χ3n) is 4.03. The minimum Gasteiger partial charge on any atom is -0.504 e. The van der Waals surface area contributed by atoms with Crippen molar-refractivity contribution in [3.63, 3.8) is 0 Å². The van der Waals surface area contributed by atoms with Gasteiger partial charge in [-0.05, 0) is 45.8 Å². The number of anilines is 1. The molecule has 1 heterocycles. The number of halogens is 3. The van der Waals surface area contributed by atoms with Gasteiger partial charge < -0.3 is 15.2 Å². The Labute approximate surface area is 172 Å². The maximum absolute atomic E-state index is 13.8. The van der Waals surface area contributed by atoms with Crippen molar-refractivity contribution in [3.05, 3.63) is 51.2 Å². The van der Waals surface area contributed by atoms with Gasteiger partial charge in [0.2, 0.25) is 17.6 Å². The van der Waals surface area contributed by atoms with Crippen molar-refractivity contribution in [1.29, 1.82) is 0 Å². The minimum absolute atomic E-state index is 0.0420. The molecular formula is C18H13BrClFN2O5. The average Bonchev–Trinajstić information content (AvgIpc) is 2.99. The fourth-order valence-corrected chi connectivity index (χ4v) is 3.18. The summed E-state index contributed by atoms with van der Waals surface area (Å²) in [6.45, 7) is -0.518. The number of carbonyl (C=O) groups excluding carboxylic acids is 3. The molecule has 3 amide bonds. The Bertz CT molecular complexity index is 985. The largest absolute Gasteiger partial charge is 0.504 e. The van der Waals surface area contributed by atoms with Gasteiger partial charge in [0.05, 0.1) is 21.1 Å². The van der Waals surface area contributed by atoms with Gasteiger partial charge in [0.1, 0.15) is 0 Å². The molecule has 1 unspecified atom stereocenters. The van der Waals surface area contributed by atoms with E-state index in [1.54, 1.807) is 6.07 Å². The first-order valence-corrected chi connectivity index (χ1v) is 9.16. The van der Waals surface area contributed by atoms with Crippen molar-refractivity contribution < 1.29 is 28.6 Å². The Morgan fingerprint density at radius 2 is 2.11 bits per heavy atom. The molecule has 1 fully saturated rings. The zero-order valence-corrected chi connectivity index (χ0v) is 16.4. The third kappa shape index (κ3) is 4.26. The van der Waals surface area contributed by atoms with Crippen LogP contribution in [0.5, 0.6) is 11.5 Å².